The molecule has 1 aliphatic heterocycles. The van der Waals surface area contributed by atoms with Gasteiger partial charge in [-0.1, -0.05) is 5.16 Å². The van der Waals surface area contributed by atoms with Crippen LogP contribution in [0, 0.1) is 6.92 Å². The summed E-state index contributed by atoms with van der Waals surface area (Å²) in [5, 5.41) is 9.76. The van der Waals surface area contributed by atoms with Crippen LogP contribution in [0.3, 0.4) is 0 Å². The van der Waals surface area contributed by atoms with Crippen molar-refractivity contribution in [2.45, 2.75) is 13.3 Å². The number of amides is 1. The van der Waals surface area contributed by atoms with Crippen LogP contribution in [0.5, 0.6) is 0 Å². The van der Waals surface area contributed by atoms with Crippen LogP contribution in [0.25, 0.3) is 0 Å². The summed E-state index contributed by atoms with van der Waals surface area (Å²) in [7, 11) is 0. The summed E-state index contributed by atoms with van der Waals surface area (Å²) >= 11 is 0. The Morgan fingerprint density at radius 2 is 2.33 bits per heavy atom. The van der Waals surface area contributed by atoms with Crippen molar-refractivity contribution in [3.8, 4) is 0 Å². The van der Waals surface area contributed by atoms with Crippen LogP contribution >= 0.6 is 0 Å². The minimum absolute atomic E-state index is 0.176. The first-order valence-corrected chi connectivity index (χ1v) is 6.40. The summed E-state index contributed by atoms with van der Waals surface area (Å²) in [6.45, 7) is 7.81. The Morgan fingerprint density at radius 3 is 3.00 bits per heavy atom. The zero-order chi connectivity index (χ0) is 12.8. The van der Waals surface area contributed by atoms with E-state index in [4.69, 9.17) is 4.52 Å². The lowest BCUT2D eigenvalue weighted by molar-refractivity contribution is 0.0913. The molecule has 1 aliphatic rings. The second-order valence-electron chi connectivity index (χ2n) is 4.54. The molecule has 0 saturated carbocycles. The molecule has 1 aromatic rings. The Morgan fingerprint density at radius 1 is 1.56 bits per heavy atom. The minimum Gasteiger partial charge on any atom is -0.351 e. The highest BCUT2D eigenvalue weighted by molar-refractivity contribution is 5.92. The summed E-state index contributed by atoms with van der Waals surface area (Å²) in [5.74, 6) is 0.141. The summed E-state index contributed by atoms with van der Waals surface area (Å²) in [5.41, 5.74) is 0.773. The number of aryl methyl sites for hydroxylation is 1. The molecule has 0 aliphatic carbocycles. The number of carbonyl (C=O) groups is 1. The maximum atomic E-state index is 11.7. The third-order valence-electron chi connectivity index (χ3n) is 3.10. The molecule has 0 spiro atoms. The van der Waals surface area contributed by atoms with E-state index in [-0.39, 0.29) is 5.91 Å². The van der Waals surface area contributed by atoms with Gasteiger partial charge in [-0.15, -0.1) is 0 Å². The second kappa shape index (κ2) is 6.51. The number of carbonyl (C=O) groups excluding carboxylic acids is 1. The number of rotatable bonds is 5. The molecule has 2 rings (SSSR count). The highest BCUT2D eigenvalue weighted by Crippen LogP contribution is 2.05. The smallest absolute Gasteiger partial charge is 0.290 e. The van der Waals surface area contributed by atoms with Crippen LogP contribution in [-0.4, -0.2) is 55.2 Å². The van der Waals surface area contributed by atoms with Gasteiger partial charge in [-0.3, -0.25) is 4.79 Å². The van der Waals surface area contributed by atoms with Gasteiger partial charge in [0.25, 0.3) is 5.91 Å². The molecule has 18 heavy (non-hydrogen) atoms. The predicted molar refractivity (Wildman–Crippen MR) is 67.5 cm³/mol. The first kappa shape index (κ1) is 13.0. The first-order valence-electron chi connectivity index (χ1n) is 6.40. The lowest BCUT2D eigenvalue weighted by atomic mass is 10.2. The maximum Gasteiger partial charge on any atom is 0.290 e. The van der Waals surface area contributed by atoms with E-state index < -0.39 is 0 Å². The maximum absolute atomic E-state index is 11.7. The number of aromatic nitrogens is 1. The highest BCUT2D eigenvalue weighted by atomic mass is 16.5. The molecule has 100 valence electrons. The van der Waals surface area contributed by atoms with Crippen molar-refractivity contribution >= 4 is 5.91 Å². The van der Waals surface area contributed by atoms with Gasteiger partial charge < -0.3 is 20.1 Å². The molecule has 0 bridgehead atoms. The van der Waals surface area contributed by atoms with Crippen LogP contribution in [0.1, 0.15) is 22.5 Å². The Bertz CT molecular complexity index is 385. The summed E-state index contributed by atoms with van der Waals surface area (Å²) < 4.78 is 4.89. The molecule has 6 heteroatoms. The SMILES string of the molecule is Cc1cnoc1C(=O)NCCCN1CCNCC1. The van der Waals surface area contributed by atoms with Gasteiger partial charge in [0.1, 0.15) is 0 Å². The van der Waals surface area contributed by atoms with E-state index in [9.17, 15) is 4.79 Å². The fourth-order valence-electron chi connectivity index (χ4n) is 2.03. The molecular weight excluding hydrogens is 232 g/mol. The molecule has 1 fully saturated rings. The van der Waals surface area contributed by atoms with E-state index in [2.05, 4.69) is 20.7 Å². The van der Waals surface area contributed by atoms with Crippen molar-refractivity contribution in [3.63, 3.8) is 0 Å². The highest BCUT2D eigenvalue weighted by Gasteiger charge is 2.13. The van der Waals surface area contributed by atoms with Crippen LogP contribution in [0.2, 0.25) is 0 Å². The van der Waals surface area contributed by atoms with E-state index in [0.29, 0.717) is 12.3 Å². The number of hydrogen-bond donors (Lipinski definition) is 2. The molecule has 0 unspecified atom stereocenters. The van der Waals surface area contributed by atoms with Gasteiger partial charge in [-0.05, 0) is 19.9 Å². The molecule has 0 atom stereocenters. The number of nitrogens with zero attached hydrogens (tertiary/aromatic N) is 2. The van der Waals surface area contributed by atoms with E-state index in [0.717, 1.165) is 44.7 Å². The predicted octanol–water partition coefficient (Wildman–Crippen LogP) is 0.00812. The van der Waals surface area contributed by atoms with Gasteiger partial charge in [-0.25, -0.2) is 0 Å². The average Bonchev–Trinajstić information content (AvgIpc) is 2.82. The van der Waals surface area contributed by atoms with Crippen LogP contribution in [0.15, 0.2) is 10.7 Å². The van der Waals surface area contributed by atoms with Crippen molar-refractivity contribution in [1.29, 1.82) is 0 Å². The number of nitrogens with one attached hydrogen (secondary N) is 2. The third-order valence-corrected chi connectivity index (χ3v) is 3.10. The lowest BCUT2D eigenvalue weighted by Crippen LogP contribution is -2.44. The zero-order valence-electron chi connectivity index (χ0n) is 10.7. The Kier molecular flexibility index (Phi) is 4.72. The Labute approximate surface area is 107 Å². The van der Waals surface area contributed by atoms with Gasteiger partial charge in [0, 0.05) is 38.3 Å². The second-order valence-corrected chi connectivity index (χ2v) is 4.54. The quantitative estimate of drug-likeness (QED) is 0.722. The first-order chi connectivity index (χ1) is 8.77. The molecule has 1 saturated heterocycles. The standard InChI is InChI=1S/C12H20N4O2/c1-10-9-15-18-11(10)12(17)14-3-2-6-16-7-4-13-5-8-16/h9,13H,2-8H2,1H3,(H,14,17). The van der Waals surface area contributed by atoms with Crippen molar-refractivity contribution in [1.82, 2.24) is 20.7 Å². The van der Waals surface area contributed by atoms with Crippen LogP contribution in [-0.2, 0) is 0 Å². The summed E-state index contributed by atoms with van der Waals surface area (Å²) in [6, 6.07) is 0. The summed E-state index contributed by atoms with van der Waals surface area (Å²) in [6.07, 6.45) is 2.51. The van der Waals surface area contributed by atoms with Gasteiger partial charge in [-0.2, -0.15) is 0 Å². The molecule has 0 radical (unpaired) electrons. The fraction of sp³-hybridized carbons (Fsp3) is 0.667. The van der Waals surface area contributed by atoms with E-state index in [1.807, 2.05) is 6.92 Å². The topological polar surface area (TPSA) is 70.4 Å². The van der Waals surface area contributed by atoms with Crippen molar-refractivity contribution in [3.05, 3.63) is 17.5 Å². The number of piperazine rings is 1. The molecule has 1 amide bonds. The zero-order valence-corrected chi connectivity index (χ0v) is 10.7. The lowest BCUT2D eigenvalue weighted by Gasteiger charge is -2.26. The largest absolute Gasteiger partial charge is 0.351 e. The molecule has 2 N–H and O–H groups in total. The van der Waals surface area contributed by atoms with Gasteiger partial charge in [0.2, 0.25) is 5.76 Å². The Balaban J connectivity index is 1.63. The van der Waals surface area contributed by atoms with E-state index in [1.54, 1.807) is 6.20 Å². The van der Waals surface area contributed by atoms with Gasteiger partial charge >= 0.3 is 0 Å². The molecule has 1 aromatic heterocycles. The van der Waals surface area contributed by atoms with Crippen molar-refractivity contribution in [2.24, 2.45) is 0 Å². The minimum atomic E-state index is -0.176. The van der Waals surface area contributed by atoms with Gasteiger partial charge in [0.15, 0.2) is 0 Å². The van der Waals surface area contributed by atoms with Gasteiger partial charge in [0.05, 0.1) is 6.20 Å². The molecular formula is C12H20N4O2. The summed E-state index contributed by atoms with van der Waals surface area (Å²) in [4.78, 5) is 14.1. The normalized spacial score (nSPS) is 16.7. The average molecular weight is 252 g/mol. The fourth-order valence-corrected chi connectivity index (χ4v) is 2.03. The molecule has 6 nitrogen and oxygen atoms in total. The molecule has 2 heterocycles. The Hall–Kier alpha value is -1.40. The van der Waals surface area contributed by atoms with Crippen LogP contribution < -0.4 is 10.6 Å². The van der Waals surface area contributed by atoms with Crippen molar-refractivity contribution < 1.29 is 9.32 Å². The van der Waals surface area contributed by atoms with Crippen molar-refractivity contribution in [2.75, 3.05) is 39.3 Å². The number of hydrogen-bond acceptors (Lipinski definition) is 5. The molecule has 0 aromatic carbocycles. The van der Waals surface area contributed by atoms with Crippen LogP contribution in [0.4, 0.5) is 0 Å². The third kappa shape index (κ3) is 3.54. The van der Waals surface area contributed by atoms with E-state index in [1.165, 1.54) is 0 Å². The monoisotopic (exact) mass is 252 g/mol. The van der Waals surface area contributed by atoms with E-state index >= 15 is 0 Å².